The third-order valence-corrected chi connectivity index (χ3v) is 3.69. The molecular formula is C17H12ClNO3. The fourth-order valence-electron chi connectivity index (χ4n) is 2.39. The first kappa shape index (κ1) is 14.4. The van der Waals surface area contributed by atoms with Crippen LogP contribution >= 0.6 is 11.6 Å². The minimum atomic E-state index is -1.17. The standard InChI is InChI=1S/C17H12ClNO3/c18-11-7-5-10(6-8-11)9-14-16(20)15(17(21)22)12-3-1-2-4-13(12)19-14/h1-8,20H,9H2,(H,21,22). The molecule has 0 aliphatic heterocycles. The van der Waals surface area contributed by atoms with Crippen molar-refractivity contribution in [3.8, 4) is 5.75 Å². The highest BCUT2D eigenvalue weighted by atomic mass is 35.5. The second-order valence-electron chi connectivity index (χ2n) is 4.91. The van der Waals surface area contributed by atoms with Crippen molar-refractivity contribution in [3.63, 3.8) is 0 Å². The molecule has 0 aliphatic carbocycles. The van der Waals surface area contributed by atoms with Gasteiger partial charge in [-0.3, -0.25) is 0 Å². The minimum absolute atomic E-state index is 0.116. The van der Waals surface area contributed by atoms with E-state index in [1.807, 2.05) is 12.1 Å². The van der Waals surface area contributed by atoms with Crippen molar-refractivity contribution in [2.24, 2.45) is 0 Å². The van der Waals surface area contributed by atoms with Crippen molar-refractivity contribution in [1.82, 2.24) is 4.98 Å². The third kappa shape index (κ3) is 2.61. The first-order valence-corrected chi connectivity index (χ1v) is 7.02. The van der Waals surface area contributed by atoms with E-state index in [0.29, 0.717) is 28.0 Å². The van der Waals surface area contributed by atoms with E-state index in [1.165, 1.54) is 0 Å². The van der Waals surface area contributed by atoms with Gasteiger partial charge in [0.2, 0.25) is 0 Å². The van der Waals surface area contributed by atoms with Crippen molar-refractivity contribution in [2.45, 2.75) is 6.42 Å². The number of aromatic hydroxyl groups is 1. The molecule has 0 spiro atoms. The first-order valence-electron chi connectivity index (χ1n) is 6.64. The summed E-state index contributed by atoms with van der Waals surface area (Å²) < 4.78 is 0. The smallest absolute Gasteiger partial charge is 0.340 e. The zero-order valence-corrected chi connectivity index (χ0v) is 12.2. The van der Waals surface area contributed by atoms with Crippen LogP contribution in [-0.4, -0.2) is 21.2 Å². The van der Waals surface area contributed by atoms with Crippen molar-refractivity contribution in [3.05, 3.63) is 70.4 Å². The monoisotopic (exact) mass is 313 g/mol. The third-order valence-electron chi connectivity index (χ3n) is 3.44. The maximum absolute atomic E-state index is 11.5. The molecule has 2 aromatic carbocycles. The summed E-state index contributed by atoms with van der Waals surface area (Å²) in [6.45, 7) is 0. The van der Waals surface area contributed by atoms with Crippen LogP contribution in [0.4, 0.5) is 0 Å². The van der Waals surface area contributed by atoms with Crippen LogP contribution in [0.25, 0.3) is 10.9 Å². The summed E-state index contributed by atoms with van der Waals surface area (Å²) >= 11 is 5.85. The fraction of sp³-hybridized carbons (Fsp3) is 0.0588. The number of carbonyl (C=O) groups is 1. The predicted molar refractivity (Wildman–Crippen MR) is 84.6 cm³/mol. The lowest BCUT2D eigenvalue weighted by Crippen LogP contribution is -2.04. The second kappa shape index (κ2) is 5.66. The number of benzene rings is 2. The number of hydrogen-bond acceptors (Lipinski definition) is 3. The molecular weight excluding hydrogens is 302 g/mol. The van der Waals surface area contributed by atoms with E-state index in [0.717, 1.165) is 5.56 Å². The van der Waals surface area contributed by atoms with E-state index in [2.05, 4.69) is 4.98 Å². The van der Waals surface area contributed by atoms with Crippen molar-refractivity contribution in [1.29, 1.82) is 0 Å². The van der Waals surface area contributed by atoms with E-state index in [-0.39, 0.29) is 11.3 Å². The quantitative estimate of drug-likeness (QED) is 0.769. The summed E-state index contributed by atoms with van der Waals surface area (Å²) in [5.41, 5.74) is 1.65. The number of hydrogen-bond donors (Lipinski definition) is 2. The van der Waals surface area contributed by atoms with Gasteiger partial charge in [0.05, 0.1) is 11.2 Å². The molecule has 3 rings (SSSR count). The molecule has 110 valence electrons. The number of carboxylic acids is 1. The Balaban J connectivity index is 2.15. The van der Waals surface area contributed by atoms with Gasteiger partial charge < -0.3 is 10.2 Å². The average molecular weight is 314 g/mol. The van der Waals surface area contributed by atoms with Gasteiger partial charge in [-0.2, -0.15) is 0 Å². The number of rotatable bonds is 3. The van der Waals surface area contributed by atoms with Gasteiger partial charge in [0.1, 0.15) is 5.56 Å². The van der Waals surface area contributed by atoms with Crippen LogP contribution in [0.15, 0.2) is 48.5 Å². The zero-order valence-electron chi connectivity index (χ0n) is 11.5. The molecule has 0 fully saturated rings. The van der Waals surface area contributed by atoms with Crippen LogP contribution in [0.2, 0.25) is 5.02 Å². The number of aromatic nitrogens is 1. The Bertz CT molecular complexity index is 860. The second-order valence-corrected chi connectivity index (χ2v) is 5.34. The Hall–Kier alpha value is -2.59. The summed E-state index contributed by atoms with van der Waals surface area (Å²) in [5.74, 6) is -1.46. The normalized spacial score (nSPS) is 10.8. The Morgan fingerprint density at radius 3 is 2.45 bits per heavy atom. The predicted octanol–water partition coefficient (Wildman–Crippen LogP) is 3.88. The molecule has 0 atom stereocenters. The van der Waals surface area contributed by atoms with Crippen LogP contribution in [0.5, 0.6) is 5.75 Å². The summed E-state index contributed by atoms with van der Waals surface area (Å²) in [4.78, 5) is 15.9. The molecule has 3 aromatic rings. The number of carboxylic acid groups (broad SMARTS) is 1. The molecule has 0 unspecified atom stereocenters. The number of pyridine rings is 1. The van der Waals surface area contributed by atoms with E-state index < -0.39 is 5.97 Å². The van der Waals surface area contributed by atoms with Gasteiger partial charge in [0, 0.05) is 16.8 Å². The molecule has 1 aromatic heterocycles. The van der Waals surface area contributed by atoms with E-state index in [4.69, 9.17) is 11.6 Å². The summed E-state index contributed by atoms with van der Waals surface area (Å²) in [7, 11) is 0. The van der Waals surface area contributed by atoms with Gasteiger partial charge in [-0.25, -0.2) is 9.78 Å². The molecule has 0 aliphatic rings. The topological polar surface area (TPSA) is 70.4 Å². The number of nitrogens with zero attached hydrogens (tertiary/aromatic N) is 1. The zero-order chi connectivity index (χ0) is 15.7. The first-order chi connectivity index (χ1) is 10.6. The largest absolute Gasteiger partial charge is 0.505 e. The lowest BCUT2D eigenvalue weighted by Gasteiger charge is -2.10. The maximum Gasteiger partial charge on any atom is 0.340 e. The number of halogens is 1. The number of para-hydroxylation sites is 1. The summed E-state index contributed by atoms with van der Waals surface area (Å²) in [5, 5.41) is 20.7. The Morgan fingerprint density at radius 1 is 1.09 bits per heavy atom. The molecule has 0 saturated carbocycles. The van der Waals surface area contributed by atoms with Crippen molar-refractivity contribution in [2.75, 3.05) is 0 Å². The number of aromatic carboxylic acids is 1. The highest BCUT2D eigenvalue weighted by molar-refractivity contribution is 6.30. The van der Waals surface area contributed by atoms with Crippen molar-refractivity contribution < 1.29 is 15.0 Å². The minimum Gasteiger partial charge on any atom is -0.505 e. The van der Waals surface area contributed by atoms with Gasteiger partial charge in [0.15, 0.2) is 5.75 Å². The van der Waals surface area contributed by atoms with Gasteiger partial charge in [-0.15, -0.1) is 0 Å². The number of fused-ring (bicyclic) bond motifs is 1. The SMILES string of the molecule is O=C(O)c1c(O)c(Cc2ccc(Cl)cc2)nc2ccccc12. The highest BCUT2D eigenvalue weighted by Crippen LogP contribution is 2.30. The summed E-state index contributed by atoms with van der Waals surface area (Å²) in [6.07, 6.45) is 0.327. The molecule has 1 heterocycles. The molecule has 4 nitrogen and oxygen atoms in total. The van der Waals surface area contributed by atoms with Crippen LogP contribution < -0.4 is 0 Å². The summed E-state index contributed by atoms with van der Waals surface area (Å²) in [6, 6.07) is 14.0. The Kier molecular flexibility index (Phi) is 3.69. The van der Waals surface area contributed by atoms with Crippen molar-refractivity contribution >= 4 is 28.5 Å². The van der Waals surface area contributed by atoms with E-state index in [9.17, 15) is 15.0 Å². The Labute approximate surface area is 131 Å². The van der Waals surface area contributed by atoms with Gasteiger partial charge >= 0.3 is 5.97 Å². The molecule has 0 bridgehead atoms. The van der Waals surface area contributed by atoms with Gasteiger partial charge in [-0.1, -0.05) is 41.9 Å². The van der Waals surface area contributed by atoms with Gasteiger partial charge in [-0.05, 0) is 23.8 Å². The highest BCUT2D eigenvalue weighted by Gasteiger charge is 2.19. The Morgan fingerprint density at radius 2 is 1.77 bits per heavy atom. The lowest BCUT2D eigenvalue weighted by atomic mass is 10.0. The molecule has 0 amide bonds. The molecule has 0 radical (unpaired) electrons. The lowest BCUT2D eigenvalue weighted by molar-refractivity contribution is 0.0695. The molecule has 2 N–H and O–H groups in total. The van der Waals surface area contributed by atoms with E-state index >= 15 is 0 Å². The average Bonchev–Trinajstić information content (AvgIpc) is 2.50. The van der Waals surface area contributed by atoms with Gasteiger partial charge in [0.25, 0.3) is 0 Å². The molecule has 5 heteroatoms. The fourth-order valence-corrected chi connectivity index (χ4v) is 2.51. The van der Waals surface area contributed by atoms with E-state index in [1.54, 1.807) is 36.4 Å². The molecule has 0 saturated heterocycles. The van der Waals surface area contributed by atoms with Crippen LogP contribution in [0.1, 0.15) is 21.6 Å². The van der Waals surface area contributed by atoms with Crippen LogP contribution in [-0.2, 0) is 6.42 Å². The maximum atomic E-state index is 11.5. The van der Waals surface area contributed by atoms with Crippen LogP contribution in [0.3, 0.4) is 0 Å². The molecule has 22 heavy (non-hydrogen) atoms. The van der Waals surface area contributed by atoms with Crippen LogP contribution in [0, 0.1) is 0 Å².